The van der Waals surface area contributed by atoms with E-state index in [-0.39, 0.29) is 22.9 Å². The lowest BCUT2D eigenvalue weighted by Gasteiger charge is -2.38. The summed E-state index contributed by atoms with van der Waals surface area (Å²) in [5, 5.41) is 1.59. The summed E-state index contributed by atoms with van der Waals surface area (Å²) in [7, 11) is 1.76. The van der Waals surface area contributed by atoms with Gasteiger partial charge >= 0.3 is 5.97 Å². The molecule has 2 aliphatic carbocycles. The van der Waals surface area contributed by atoms with Crippen molar-refractivity contribution in [1.82, 2.24) is 24.6 Å². The summed E-state index contributed by atoms with van der Waals surface area (Å²) < 4.78 is 7.87. The van der Waals surface area contributed by atoms with Gasteiger partial charge in [-0.1, -0.05) is 20.8 Å². The van der Waals surface area contributed by atoms with Crippen molar-refractivity contribution < 1.29 is 14.4 Å². The zero-order chi connectivity index (χ0) is 20.6. The molecule has 9 heteroatoms. The van der Waals surface area contributed by atoms with E-state index in [1.165, 1.54) is 12.7 Å². The normalized spacial score (nSPS) is 36.1. The third kappa shape index (κ3) is 2.53. The molecule has 3 aliphatic rings. The van der Waals surface area contributed by atoms with Crippen LogP contribution in [-0.2, 0) is 14.4 Å². The smallest absolute Gasteiger partial charge is 0.326 e. The largest absolute Gasteiger partial charge is 0.461 e. The molecule has 0 amide bonds. The molecule has 0 unspecified atom stereocenters. The van der Waals surface area contributed by atoms with Crippen molar-refractivity contribution >= 4 is 23.0 Å². The second kappa shape index (κ2) is 6.12. The summed E-state index contributed by atoms with van der Waals surface area (Å²) in [6.45, 7) is 6.91. The minimum Gasteiger partial charge on any atom is -0.461 e. The van der Waals surface area contributed by atoms with Gasteiger partial charge < -0.3 is 10.5 Å². The molecule has 9 nitrogen and oxygen atoms in total. The quantitative estimate of drug-likeness (QED) is 0.782. The average Bonchev–Trinajstić information content (AvgIpc) is 3.36. The number of nitrogens with zero attached hydrogens (tertiary/aromatic N) is 5. The number of carbonyl (C=O) groups excluding carboxylic acids is 1. The number of anilines is 1. The van der Waals surface area contributed by atoms with E-state index in [0.29, 0.717) is 29.3 Å². The number of aromatic nitrogens is 4. The van der Waals surface area contributed by atoms with Crippen molar-refractivity contribution in [2.24, 2.45) is 16.7 Å². The van der Waals surface area contributed by atoms with Gasteiger partial charge in [-0.05, 0) is 30.6 Å². The molecule has 2 saturated carbocycles. The molecule has 5 rings (SSSR count). The van der Waals surface area contributed by atoms with Crippen molar-refractivity contribution in [2.45, 2.75) is 64.8 Å². The molecule has 5 atom stereocenters. The molecular weight excluding hydrogens is 372 g/mol. The molecule has 1 saturated heterocycles. The van der Waals surface area contributed by atoms with Crippen LogP contribution in [0.1, 0.15) is 52.7 Å². The van der Waals surface area contributed by atoms with Crippen LogP contribution in [0.25, 0.3) is 11.2 Å². The Labute approximate surface area is 169 Å². The van der Waals surface area contributed by atoms with Gasteiger partial charge in [0.2, 0.25) is 0 Å². The number of esters is 1. The molecule has 2 N–H and O–H groups in total. The zero-order valence-corrected chi connectivity index (χ0v) is 17.3. The summed E-state index contributed by atoms with van der Waals surface area (Å²) in [4.78, 5) is 31.5. The molecular formula is C20H28N6O3. The van der Waals surface area contributed by atoms with Crippen LogP contribution in [-0.4, -0.2) is 49.7 Å². The van der Waals surface area contributed by atoms with E-state index < -0.39 is 12.3 Å². The number of hydrogen-bond acceptors (Lipinski definition) is 8. The highest BCUT2D eigenvalue weighted by molar-refractivity contribution is 5.81. The summed E-state index contributed by atoms with van der Waals surface area (Å²) in [6.07, 6.45) is 6.36. The molecule has 0 radical (unpaired) electrons. The summed E-state index contributed by atoms with van der Waals surface area (Å²) >= 11 is 0. The topological polar surface area (TPSA) is 108 Å². The maximum Gasteiger partial charge on any atom is 0.326 e. The standard InChI is InChI=1S/C20H28N6O3/c1-19(2)11-5-6-20(19,3)13(7-11)28-18(27)12-8-14(29-25(12)4)26-10-24-15-16(21)22-9-23-17(15)26/h9-14H,5-8H2,1-4H3,(H2,21,22,23)/t11-,12+,13+,14-,20+/m0/s1. The Hall–Kier alpha value is -2.26. The van der Waals surface area contributed by atoms with E-state index in [1.807, 2.05) is 0 Å². The lowest BCUT2D eigenvalue weighted by Crippen LogP contribution is -2.42. The predicted octanol–water partition coefficient (Wildman–Crippen LogP) is 2.30. The van der Waals surface area contributed by atoms with E-state index in [0.717, 1.165) is 12.8 Å². The lowest BCUT2D eigenvalue weighted by molar-refractivity contribution is -0.188. The second-order valence-electron chi connectivity index (χ2n) is 9.48. The van der Waals surface area contributed by atoms with Gasteiger partial charge in [0.1, 0.15) is 24.0 Å². The van der Waals surface area contributed by atoms with Crippen LogP contribution in [0.3, 0.4) is 0 Å². The van der Waals surface area contributed by atoms with Crippen LogP contribution in [0.2, 0.25) is 0 Å². The van der Waals surface area contributed by atoms with Crippen LogP contribution < -0.4 is 5.73 Å². The molecule has 156 valence electrons. The Kier molecular flexibility index (Phi) is 3.96. The van der Waals surface area contributed by atoms with Gasteiger partial charge in [-0.15, -0.1) is 0 Å². The van der Waals surface area contributed by atoms with Crippen molar-refractivity contribution in [3.05, 3.63) is 12.7 Å². The first kappa shape index (κ1) is 18.7. The Morgan fingerprint density at radius 2 is 2.07 bits per heavy atom. The van der Waals surface area contributed by atoms with Crippen LogP contribution in [0.5, 0.6) is 0 Å². The molecule has 0 aromatic carbocycles. The molecule has 3 fully saturated rings. The second-order valence-corrected chi connectivity index (χ2v) is 9.48. The number of nitrogens with two attached hydrogens (primary N) is 1. The van der Waals surface area contributed by atoms with Crippen molar-refractivity contribution in [3.8, 4) is 0 Å². The third-order valence-corrected chi connectivity index (χ3v) is 8.09. The van der Waals surface area contributed by atoms with Gasteiger partial charge in [0, 0.05) is 18.9 Å². The summed E-state index contributed by atoms with van der Waals surface area (Å²) in [5.74, 6) is 0.726. The molecule has 29 heavy (non-hydrogen) atoms. The molecule has 1 aliphatic heterocycles. The molecule has 3 heterocycles. The van der Waals surface area contributed by atoms with Gasteiger partial charge in [0.15, 0.2) is 17.7 Å². The van der Waals surface area contributed by atoms with Gasteiger partial charge in [-0.2, -0.15) is 5.06 Å². The van der Waals surface area contributed by atoms with E-state index in [4.69, 9.17) is 15.3 Å². The lowest BCUT2D eigenvalue weighted by atomic mass is 9.70. The molecule has 2 bridgehead atoms. The fourth-order valence-corrected chi connectivity index (χ4v) is 5.66. The first-order valence-electron chi connectivity index (χ1n) is 10.3. The van der Waals surface area contributed by atoms with Gasteiger partial charge in [-0.25, -0.2) is 15.0 Å². The van der Waals surface area contributed by atoms with Crippen molar-refractivity contribution in [2.75, 3.05) is 12.8 Å². The summed E-state index contributed by atoms with van der Waals surface area (Å²) in [5.41, 5.74) is 7.24. The first-order chi connectivity index (χ1) is 13.7. The van der Waals surface area contributed by atoms with Crippen LogP contribution >= 0.6 is 0 Å². The Morgan fingerprint density at radius 3 is 2.76 bits per heavy atom. The van der Waals surface area contributed by atoms with Crippen molar-refractivity contribution in [1.29, 1.82) is 0 Å². The van der Waals surface area contributed by atoms with E-state index in [2.05, 4.69) is 35.7 Å². The fourth-order valence-electron chi connectivity index (χ4n) is 5.66. The van der Waals surface area contributed by atoms with E-state index in [9.17, 15) is 4.79 Å². The highest BCUT2D eigenvalue weighted by Gasteiger charge is 2.63. The Bertz CT molecular complexity index is 974. The number of fused-ring (bicyclic) bond motifs is 3. The number of likely N-dealkylation sites (N-methyl/N-ethyl adjacent to an activating group) is 1. The average molecular weight is 400 g/mol. The predicted molar refractivity (Wildman–Crippen MR) is 105 cm³/mol. The van der Waals surface area contributed by atoms with E-state index >= 15 is 0 Å². The number of nitrogen functional groups attached to an aromatic ring is 1. The number of hydroxylamine groups is 2. The Morgan fingerprint density at radius 1 is 1.28 bits per heavy atom. The number of ether oxygens (including phenoxy) is 1. The number of carbonyl (C=O) groups is 1. The molecule has 0 spiro atoms. The minimum absolute atomic E-state index is 0.0298. The van der Waals surface area contributed by atoms with Gasteiger partial charge in [0.05, 0.1) is 6.33 Å². The fraction of sp³-hybridized carbons (Fsp3) is 0.700. The summed E-state index contributed by atoms with van der Waals surface area (Å²) in [6, 6.07) is -0.470. The highest BCUT2D eigenvalue weighted by atomic mass is 16.7. The highest BCUT2D eigenvalue weighted by Crippen LogP contribution is 2.66. The van der Waals surface area contributed by atoms with Gasteiger partial charge in [-0.3, -0.25) is 14.2 Å². The SMILES string of the molecule is CN1O[C@H](n2cnc3c(N)ncnc32)C[C@@H]1C(=O)O[C@@H]1C[C@@H]2CC[C@@]1(C)C2(C)C. The molecule has 2 aromatic rings. The third-order valence-electron chi connectivity index (χ3n) is 8.09. The van der Waals surface area contributed by atoms with E-state index in [1.54, 1.807) is 23.0 Å². The van der Waals surface area contributed by atoms with Gasteiger partial charge in [0.25, 0.3) is 0 Å². The first-order valence-corrected chi connectivity index (χ1v) is 10.3. The van der Waals surface area contributed by atoms with Crippen LogP contribution in [0, 0.1) is 16.7 Å². The molecule has 2 aromatic heterocycles. The maximum absolute atomic E-state index is 13.1. The number of hydrogen-bond donors (Lipinski definition) is 1. The van der Waals surface area contributed by atoms with Crippen LogP contribution in [0.4, 0.5) is 5.82 Å². The maximum atomic E-state index is 13.1. The number of imidazole rings is 1. The Balaban J connectivity index is 1.32. The minimum atomic E-state index is -0.470. The zero-order valence-electron chi connectivity index (χ0n) is 17.3. The number of rotatable bonds is 3. The van der Waals surface area contributed by atoms with Crippen LogP contribution in [0.15, 0.2) is 12.7 Å². The monoisotopic (exact) mass is 400 g/mol. The van der Waals surface area contributed by atoms with Crippen molar-refractivity contribution in [3.63, 3.8) is 0 Å².